The molecule has 1 heteroatoms. The zero-order valence-corrected chi connectivity index (χ0v) is 6.24. The van der Waals surface area contributed by atoms with Crippen molar-refractivity contribution in [2.45, 2.75) is 26.4 Å². The second-order valence-electron chi connectivity index (χ2n) is 2.42. The number of allylic oxidation sites excluding steroid dienone is 3. The highest BCUT2D eigenvalue weighted by atomic mass is 19.1. The standard InChI is InChI=1S/C8H13F/c1-5-7(6-2)8(3,4)9/h5-6H,1H2,2-4H3/b7-6+. The van der Waals surface area contributed by atoms with Gasteiger partial charge in [-0.1, -0.05) is 18.7 Å². The molecular weight excluding hydrogens is 115 g/mol. The molecule has 0 radical (unpaired) electrons. The van der Waals surface area contributed by atoms with Gasteiger partial charge in [0.2, 0.25) is 0 Å². The maximum Gasteiger partial charge on any atom is 0.130 e. The van der Waals surface area contributed by atoms with Crippen LogP contribution in [-0.4, -0.2) is 5.67 Å². The van der Waals surface area contributed by atoms with Crippen LogP contribution in [0.3, 0.4) is 0 Å². The molecule has 0 heterocycles. The van der Waals surface area contributed by atoms with Crippen molar-refractivity contribution in [3.63, 3.8) is 0 Å². The number of hydrogen-bond donors (Lipinski definition) is 0. The summed E-state index contributed by atoms with van der Waals surface area (Å²) >= 11 is 0. The SMILES string of the molecule is C=C/C(=C\C)C(C)(C)F. The summed E-state index contributed by atoms with van der Waals surface area (Å²) in [6.45, 7) is 8.33. The molecule has 0 fully saturated rings. The van der Waals surface area contributed by atoms with Crippen LogP contribution in [0.25, 0.3) is 0 Å². The maximum atomic E-state index is 12.9. The Morgan fingerprint density at radius 3 is 2.00 bits per heavy atom. The summed E-state index contributed by atoms with van der Waals surface area (Å²) in [6, 6.07) is 0. The van der Waals surface area contributed by atoms with Gasteiger partial charge in [-0.05, 0) is 26.3 Å². The smallest absolute Gasteiger partial charge is 0.130 e. The van der Waals surface area contributed by atoms with E-state index in [0.717, 1.165) is 0 Å². The van der Waals surface area contributed by atoms with Crippen LogP contribution in [0.1, 0.15) is 20.8 Å². The Kier molecular flexibility index (Phi) is 2.63. The monoisotopic (exact) mass is 128 g/mol. The third-order valence-corrected chi connectivity index (χ3v) is 1.22. The van der Waals surface area contributed by atoms with Gasteiger partial charge < -0.3 is 0 Å². The van der Waals surface area contributed by atoms with Gasteiger partial charge in [-0.15, -0.1) is 0 Å². The maximum absolute atomic E-state index is 12.9. The van der Waals surface area contributed by atoms with E-state index in [-0.39, 0.29) is 0 Å². The number of halogens is 1. The predicted octanol–water partition coefficient (Wildman–Crippen LogP) is 2.87. The van der Waals surface area contributed by atoms with Gasteiger partial charge in [-0.25, -0.2) is 4.39 Å². The molecule has 0 saturated heterocycles. The van der Waals surface area contributed by atoms with Crippen LogP contribution in [0.5, 0.6) is 0 Å². The minimum Gasteiger partial charge on any atom is -0.239 e. The Labute approximate surface area is 56.1 Å². The van der Waals surface area contributed by atoms with Gasteiger partial charge in [-0.2, -0.15) is 0 Å². The molecule has 0 spiro atoms. The highest BCUT2D eigenvalue weighted by molar-refractivity contribution is 5.24. The molecule has 0 saturated carbocycles. The fourth-order valence-electron chi connectivity index (χ4n) is 0.704. The van der Waals surface area contributed by atoms with Crippen molar-refractivity contribution in [1.82, 2.24) is 0 Å². The van der Waals surface area contributed by atoms with Gasteiger partial charge in [-0.3, -0.25) is 0 Å². The molecule has 9 heavy (non-hydrogen) atoms. The minimum absolute atomic E-state index is 0.641. The van der Waals surface area contributed by atoms with Crippen molar-refractivity contribution >= 4 is 0 Å². The van der Waals surface area contributed by atoms with E-state index in [4.69, 9.17) is 0 Å². The van der Waals surface area contributed by atoms with Crippen LogP contribution >= 0.6 is 0 Å². The lowest BCUT2D eigenvalue weighted by Crippen LogP contribution is -2.13. The van der Waals surface area contributed by atoms with Crippen molar-refractivity contribution in [2.75, 3.05) is 0 Å². The average Bonchev–Trinajstić information content (AvgIpc) is 1.65. The lowest BCUT2D eigenvalue weighted by Gasteiger charge is -2.14. The Morgan fingerprint density at radius 1 is 1.56 bits per heavy atom. The lowest BCUT2D eigenvalue weighted by atomic mass is 10.0. The first-order valence-electron chi connectivity index (χ1n) is 3.00. The summed E-state index contributed by atoms with van der Waals surface area (Å²) in [5.41, 5.74) is -0.598. The highest BCUT2D eigenvalue weighted by Crippen LogP contribution is 2.20. The zero-order valence-electron chi connectivity index (χ0n) is 6.24. The molecule has 0 bridgehead atoms. The minimum atomic E-state index is -1.24. The Bertz CT molecular complexity index is 126. The second kappa shape index (κ2) is 2.81. The van der Waals surface area contributed by atoms with Crippen molar-refractivity contribution in [1.29, 1.82) is 0 Å². The average molecular weight is 128 g/mol. The number of hydrogen-bond acceptors (Lipinski definition) is 0. The lowest BCUT2D eigenvalue weighted by molar-refractivity contribution is 0.274. The van der Waals surface area contributed by atoms with Crippen LogP contribution in [0, 0.1) is 0 Å². The molecule has 0 unspecified atom stereocenters. The van der Waals surface area contributed by atoms with Crippen LogP contribution in [0.2, 0.25) is 0 Å². The van der Waals surface area contributed by atoms with Crippen LogP contribution in [0.15, 0.2) is 24.3 Å². The van der Waals surface area contributed by atoms with Gasteiger partial charge in [0, 0.05) is 0 Å². The molecule has 0 aromatic rings. The largest absolute Gasteiger partial charge is 0.239 e. The van der Waals surface area contributed by atoms with Crippen molar-refractivity contribution in [2.24, 2.45) is 0 Å². The van der Waals surface area contributed by atoms with Crippen molar-refractivity contribution in [3.05, 3.63) is 24.3 Å². The van der Waals surface area contributed by atoms with E-state index in [1.165, 1.54) is 13.8 Å². The molecular formula is C8H13F. The molecule has 0 aromatic carbocycles. The Morgan fingerprint density at radius 2 is 2.00 bits per heavy atom. The van der Waals surface area contributed by atoms with E-state index < -0.39 is 5.67 Å². The van der Waals surface area contributed by atoms with E-state index in [1.54, 1.807) is 19.1 Å². The normalized spacial score (nSPS) is 13.6. The fraction of sp³-hybridized carbons (Fsp3) is 0.500. The molecule has 0 aliphatic heterocycles. The first kappa shape index (κ1) is 8.41. The van der Waals surface area contributed by atoms with Crippen molar-refractivity contribution < 1.29 is 4.39 Å². The number of rotatable bonds is 2. The molecule has 0 rings (SSSR count). The second-order valence-corrected chi connectivity index (χ2v) is 2.42. The summed E-state index contributed by atoms with van der Waals surface area (Å²) in [7, 11) is 0. The predicted molar refractivity (Wildman–Crippen MR) is 39.1 cm³/mol. The molecule has 0 aliphatic carbocycles. The van der Waals surface area contributed by atoms with Gasteiger partial charge in [0.25, 0.3) is 0 Å². The first-order chi connectivity index (χ1) is 4.02. The number of alkyl halides is 1. The van der Waals surface area contributed by atoms with E-state index in [1.807, 2.05) is 0 Å². The first-order valence-corrected chi connectivity index (χ1v) is 3.00. The third kappa shape index (κ3) is 2.45. The molecule has 0 nitrogen and oxygen atoms in total. The van der Waals surface area contributed by atoms with Gasteiger partial charge >= 0.3 is 0 Å². The van der Waals surface area contributed by atoms with E-state index in [0.29, 0.717) is 5.57 Å². The molecule has 0 atom stereocenters. The Hall–Kier alpha value is -0.590. The summed E-state index contributed by atoms with van der Waals surface area (Å²) in [5, 5.41) is 0. The molecule has 0 aromatic heterocycles. The van der Waals surface area contributed by atoms with E-state index >= 15 is 0 Å². The fourth-order valence-corrected chi connectivity index (χ4v) is 0.704. The summed E-state index contributed by atoms with van der Waals surface area (Å²) < 4.78 is 12.9. The van der Waals surface area contributed by atoms with Crippen molar-refractivity contribution in [3.8, 4) is 0 Å². The summed E-state index contributed by atoms with van der Waals surface area (Å²) in [4.78, 5) is 0. The van der Waals surface area contributed by atoms with Gasteiger partial charge in [0.15, 0.2) is 0 Å². The molecule has 0 amide bonds. The summed E-state index contributed by atoms with van der Waals surface area (Å²) in [6.07, 6.45) is 3.27. The molecule has 0 aliphatic rings. The van der Waals surface area contributed by atoms with E-state index in [2.05, 4.69) is 6.58 Å². The van der Waals surface area contributed by atoms with Gasteiger partial charge in [0.1, 0.15) is 5.67 Å². The van der Waals surface area contributed by atoms with Crippen LogP contribution < -0.4 is 0 Å². The van der Waals surface area contributed by atoms with E-state index in [9.17, 15) is 4.39 Å². The highest BCUT2D eigenvalue weighted by Gasteiger charge is 2.17. The van der Waals surface area contributed by atoms with Gasteiger partial charge in [0.05, 0.1) is 0 Å². The Balaban J connectivity index is 4.32. The van der Waals surface area contributed by atoms with Crippen LogP contribution in [0.4, 0.5) is 4.39 Å². The van der Waals surface area contributed by atoms with Crippen LogP contribution in [-0.2, 0) is 0 Å². The third-order valence-electron chi connectivity index (χ3n) is 1.22. The summed E-state index contributed by atoms with van der Waals surface area (Å²) in [5.74, 6) is 0. The molecule has 52 valence electrons. The zero-order chi connectivity index (χ0) is 7.49. The molecule has 0 N–H and O–H groups in total. The topological polar surface area (TPSA) is 0 Å². The quantitative estimate of drug-likeness (QED) is 0.501.